The summed E-state index contributed by atoms with van der Waals surface area (Å²) in [4.78, 5) is 22.1. The first-order valence-corrected chi connectivity index (χ1v) is 4.79. The molecule has 1 rings (SSSR count). The maximum absolute atomic E-state index is 11.4. The lowest BCUT2D eigenvalue weighted by molar-refractivity contribution is -0.141. The largest absolute Gasteiger partial charge is 0.468 e. The Hall–Kier alpha value is -1.75. The first-order chi connectivity index (χ1) is 7.61. The number of rotatable bonds is 4. The molecule has 17 heavy (non-hydrogen) atoms. The van der Waals surface area contributed by atoms with Gasteiger partial charge < -0.3 is 15.8 Å². The van der Waals surface area contributed by atoms with E-state index in [1.807, 2.05) is 0 Å². The molecular weight excluding hydrogens is 244 g/mol. The fourth-order valence-electron chi connectivity index (χ4n) is 1.13. The number of nitrogens with one attached hydrogen (secondary N) is 1. The third-order valence-electron chi connectivity index (χ3n) is 2.00. The summed E-state index contributed by atoms with van der Waals surface area (Å²) in [5.74, 6) is -0.694. The molecule has 0 aliphatic rings. The number of carbonyl (C=O) groups excluding carboxylic acids is 2. The molecule has 1 aromatic carbocycles. The molecule has 0 saturated carbocycles. The number of amides is 1. The first-order valence-electron chi connectivity index (χ1n) is 4.79. The van der Waals surface area contributed by atoms with Crippen LogP contribution in [0.2, 0.25) is 0 Å². The molecule has 0 radical (unpaired) electrons. The number of benzene rings is 1. The lowest BCUT2D eigenvalue weighted by Crippen LogP contribution is -2.31. The van der Waals surface area contributed by atoms with Gasteiger partial charge in [0.15, 0.2) is 0 Å². The van der Waals surface area contributed by atoms with E-state index in [9.17, 15) is 9.59 Å². The minimum Gasteiger partial charge on any atom is -0.468 e. The average molecular weight is 259 g/mol. The molecule has 0 aliphatic carbocycles. The average Bonchev–Trinajstić information content (AvgIpc) is 2.29. The summed E-state index contributed by atoms with van der Waals surface area (Å²) in [5, 5.41) is 2.45. The maximum Gasteiger partial charge on any atom is 0.325 e. The predicted octanol–water partition coefficient (Wildman–Crippen LogP) is 0.522. The monoisotopic (exact) mass is 258 g/mol. The summed E-state index contributed by atoms with van der Waals surface area (Å²) in [6.07, 6.45) is 0.220. The number of nitrogen functional groups attached to an aromatic ring is 1. The molecule has 0 aliphatic heterocycles. The SMILES string of the molecule is COC(=O)CNC(=O)Cc1ccc(N)cc1.Cl. The highest BCUT2D eigenvalue weighted by Crippen LogP contribution is 2.05. The van der Waals surface area contributed by atoms with Crippen molar-refractivity contribution in [2.75, 3.05) is 19.4 Å². The fraction of sp³-hybridized carbons (Fsp3) is 0.273. The highest BCUT2D eigenvalue weighted by Gasteiger charge is 2.05. The van der Waals surface area contributed by atoms with Gasteiger partial charge in [0.05, 0.1) is 13.5 Å². The molecular formula is C11H15ClN2O3. The molecule has 5 nitrogen and oxygen atoms in total. The van der Waals surface area contributed by atoms with Crippen molar-refractivity contribution in [2.45, 2.75) is 6.42 Å². The number of nitrogens with two attached hydrogens (primary N) is 1. The molecule has 1 amide bonds. The smallest absolute Gasteiger partial charge is 0.325 e. The third-order valence-corrected chi connectivity index (χ3v) is 2.00. The number of methoxy groups -OCH3 is 1. The van der Waals surface area contributed by atoms with Gasteiger partial charge in [-0.05, 0) is 17.7 Å². The Morgan fingerprint density at radius 3 is 2.41 bits per heavy atom. The summed E-state index contributed by atoms with van der Waals surface area (Å²) < 4.78 is 4.40. The highest BCUT2D eigenvalue weighted by molar-refractivity contribution is 5.85. The van der Waals surface area contributed by atoms with Gasteiger partial charge in [-0.1, -0.05) is 12.1 Å². The minimum absolute atomic E-state index is 0. The Morgan fingerprint density at radius 2 is 1.88 bits per heavy atom. The van der Waals surface area contributed by atoms with Crippen LogP contribution >= 0.6 is 12.4 Å². The van der Waals surface area contributed by atoms with Crippen LogP contribution in [0.3, 0.4) is 0 Å². The molecule has 0 saturated heterocycles. The van der Waals surface area contributed by atoms with Crippen molar-refractivity contribution in [2.24, 2.45) is 0 Å². The van der Waals surface area contributed by atoms with Crippen LogP contribution in [0.25, 0.3) is 0 Å². The van der Waals surface area contributed by atoms with E-state index in [1.165, 1.54) is 7.11 Å². The topological polar surface area (TPSA) is 81.4 Å². The van der Waals surface area contributed by atoms with E-state index < -0.39 is 5.97 Å². The zero-order chi connectivity index (χ0) is 12.0. The second-order valence-corrected chi connectivity index (χ2v) is 3.27. The van der Waals surface area contributed by atoms with E-state index in [1.54, 1.807) is 24.3 Å². The van der Waals surface area contributed by atoms with Crippen LogP contribution in [0.1, 0.15) is 5.56 Å². The fourth-order valence-corrected chi connectivity index (χ4v) is 1.13. The molecule has 0 heterocycles. The first kappa shape index (κ1) is 15.2. The lowest BCUT2D eigenvalue weighted by atomic mass is 10.1. The number of hydrogen-bond donors (Lipinski definition) is 2. The quantitative estimate of drug-likeness (QED) is 0.610. The number of carbonyl (C=O) groups is 2. The minimum atomic E-state index is -0.467. The highest BCUT2D eigenvalue weighted by atomic mass is 35.5. The van der Waals surface area contributed by atoms with E-state index in [-0.39, 0.29) is 31.3 Å². The molecule has 0 atom stereocenters. The predicted molar refractivity (Wildman–Crippen MR) is 66.8 cm³/mol. The van der Waals surface area contributed by atoms with Crippen molar-refractivity contribution >= 4 is 30.0 Å². The molecule has 0 aromatic heterocycles. The van der Waals surface area contributed by atoms with Crippen LogP contribution in [0.5, 0.6) is 0 Å². The van der Waals surface area contributed by atoms with Crippen molar-refractivity contribution in [3.05, 3.63) is 29.8 Å². The van der Waals surface area contributed by atoms with Crippen LogP contribution in [-0.2, 0) is 20.7 Å². The van der Waals surface area contributed by atoms with Crippen molar-refractivity contribution in [3.8, 4) is 0 Å². The molecule has 0 unspecified atom stereocenters. The Balaban J connectivity index is 0.00000256. The van der Waals surface area contributed by atoms with Gasteiger partial charge in [-0.15, -0.1) is 12.4 Å². The van der Waals surface area contributed by atoms with Crippen LogP contribution in [0.4, 0.5) is 5.69 Å². The molecule has 1 aromatic rings. The Kier molecular flexibility index (Phi) is 6.74. The van der Waals surface area contributed by atoms with E-state index in [2.05, 4.69) is 10.1 Å². The van der Waals surface area contributed by atoms with Crippen molar-refractivity contribution < 1.29 is 14.3 Å². The Morgan fingerprint density at radius 1 is 1.29 bits per heavy atom. The number of ether oxygens (including phenoxy) is 1. The Bertz CT molecular complexity index is 379. The summed E-state index contributed by atoms with van der Waals surface area (Å²) in [7, 11) is 1.27. The van der Waals surface area contributed by atoms with E-state index in [0.29, 0.717) is 5.69 Å². The van der Waals surface area contributed by atoms with Crippen LogP contribution < -0.4 is 11.1 Å². The molecule has 3 N–H and O–H groups in total. The van der Waals surface area contributed by atoms with E-state index >= 15 is 0 Å². The van der Waals surface area contributed by atoms with Gasteiger partial charge in [-0.25, -0.2) is 0 Å². The molecule has 6 heteroatoms. The summed E-state index contributed by atoms with van der Waals surface area (Å²) in [6.45, 7) is -0.107. The molecule has 94 valence electrons. The van der Waals surface area contributed by atoms with E-state index in [0.717, 1.165) is 5.56 Å². The van der Waals surface area contributed by atoms with Crippen LogP contribution in [-0.4, -0.2) is 25.5 Å². The van der Waals surface area contributed by atoms with E-state index in [4.69, 9.17) is 5.73 Å². The zero-order valence-corrected chi connectivity index (χ0v) is 10.3. The summed E-state index contributed by atoms with van der Waals surface area (Å²) in [6, 6.07) is 6.99. The summed E-state index contributed by atoms with van der Waals surface area (Å²) >= 11 is 0. The number of anilines is 1. The van der Waals surface area contributed by atoms with Gasteiger partial charge in [0.1, 0.15) is 6.54 Å². The van der Waals surface area contributed by atoms with Gasteiger partial charge in [-0.2, -0.15) is 0 Å². The standard InChI is InChI=1S/C11H14N2O3.ClH/c1-16-11(15)7-13-10(14)6-8-2-4-9(12)5-3-8;/h2-5H,6-7,12H2,1H3,(H,13,14);1H. The van der Waals surface area contributed by atoms with Crippen molar-refractivity contribution in [1.82, 2.24) is 5.32 Å². The molecule has 0 bridgehead atoms. The summed E-state index contributed by atoms with van der Waals surface area (Å²) in [5.41, 5.74) is 7.01. The Labute approximate surface area is 106 Å². The number of esters is 1. The number of hydrogen-bond acceptors (Lipinski definition) is 4. The third kappa shape index (κ3) is 5.77. The van der Waals surface area contributed by atoms with Gasteiger partial charge in [0.25, 0.3) is 0 Å². The van der Waals surface area contributed by atoms with Crippen LogP contribution in [0, 0.1) is 0 Å². The second kappa shape index (κ2) is 7.51. The lowest BCUT2D eigenvalue weighted by Gasteiger charge is -2.04. The number of halogens is 1. The van der Waals surface area contributed by atoms with Gasteiger partial charge in [0, 0.05) is 5.69 Å². The van der Waals surface area contributed by atoms with Crippen LogP contribution in [0.15, 0.2) is 24.3 Å². The van der Waals surface area contributed by atoms with Gasteiger partial charge in [-0.3, -0.25) is 9.59 Å². The van der Waals surface area contributed by atoms with Gasteiger partial charge >= 0.3 is 5.97 Å². The zero-order valence-electron chi connectivity index (χ0n) is 9.43. The normalized spacial score (nSPS) is 9.00. The molecule has 0 spiro atoms. The maximum atomic E-state index is 11.4. The second-order valence-electron chi connectivity index (χ2n) is 3.27. The van der Waals surface area contributed by atoms with Crippen molar-refractivity contribution in [1.29, 1.82) is 0 Å². The molecule has 0 fully saturated rings. The van der Waals surface area contributed by atoms with Crippen molar-refractivity contribution in [3.63, 3.8) is 0 Å². The van der Waals surface area contributed by atoms with Gasteiger partial charge in [0.2, 0.25) is 5.91 Å².